The molecule has 0 saturated heterocycles. The van der Waals surface area contributed by atoms with E-state index in [1.54, 1.807) is 0 Å². The summed E-state index contributed by atoms with van der Waals surface area (Å²) in [7, 11) is 0. The highest BCUT2D eigenvalue weighted by Crippen LogP contribution is 2.16. The van der Waals surface area contributed by atoms with Crippen molar-refractivity contribution in [3.05, 3.63) is 0 Å². The zero-order valence-electron chi connectivity index (χ0n) is 36.5. The quantitative estimate of drug-likeness (QED) is 0.0540. The normalized spacial score (nSPS) is 11.3. The van der Waals surface area contributed by atoms with E-state index in [2.05, 4.69) is 18.7 Å². The summed E-state index contributed by atoms with van der Waals surface area (Å²) in [5, 5.41) is 26.6. The van der Waals surface area contributed by atoms with Crippen LogP contribution in [-0.2, 0) is 4.79 Å². The van der Waals surface area contributed by atoms with Crippen molar-refractivity contribution in [3.8, 4) is 0 Å². The molecule has 53 heavy (non-hydrogen) atoms. The minimum Gasteiger partial charge on any atom is -0.481 e. The predicted molar refractivity (Wildman–Crippen MR) is 234 cm³/mol. The fourth-order valence-corrected chi connectivity index (χ4v) is 7.56. The molecule has 0 spiro atoms. The molecule has 320 valence electrons. The van der Waals surface area contributed by atoms with Crippen LogP contribution in [0.3, 0.4) is 0 Å². The SMILES string of the molecule is CCCCCCCCCCCCCCCCCCCC(=O)O.CCCCCCCCCCCCCCCCCCCCCCCCN(CCO)CCO. The summed E-state index contributed by atoms with van der Waals surface area (Å²) >= 11 is 0. The van der Waals surface area contributed by atoms with E-state index in [1.165, 1.54) is 238 Å². The Labute approximate surface area is 333 Å². The molecule has 0 aromatic heterocycles. The lowest BCUT2D eigenvalue weighted by molar-refractivity contribution is -0.137. The predicted octanol–water partition coefficient (Wildman–Crippen LogP) is 15.0. The van der Waals surface area contributed by atoms with Gasteiger partial charge in [0.15, 0.2) is 0 Å². The Kier molecular flexibility index (Phi) is 52.8. The molecule has 5 nitrogen and oxygen atoms in total. The fourth-order valence-electron chi connectivity index (χ4n) is 7.56. The second-order valence-electron chi connectivity index (χ2n) is 16.5. The second-order valence-corrected chi connectivity index (χ2v) is 16.5. The van der Waals surface area contributed by atoms with Crippen LogP contribution in [0.1, 0.15) is 271 Å². The maximum Gasteiger partial charge on any atom is 0.303 e. The molecular weight excluding hydrogens is 655 g/mol. The Balaban J connectivity index is 0. The third-order valence-electron chi connectivity index (χ3n) is 11.2. The van der Waals surface area contributed by atoms with Crippen LogP contribution in [0.4, 0.5) is 0 Å². The lowest BCUT2D eigenvalue weighted by Crippen LogP contribution is -2.30. The van der Waals surface area contributed by atoms with Crippen molar-refractivity contribution in [2.24, 2.45) is 0 Å². The average Bonchev–Trinajstić information content (AvgIpc) is 3.15. The lowest BCUT2D eigenvalue weighted by atomic mass is 10.0. The number of aliphatic hydroxyl groups is 2. The highest BCUT2D eigenvalue weighted by Gasteiger charge is 2.03. The molecule has 0 aliphatic rings. The standard InChI is InChI=1S/C28H59NO2.C20H40O2/c1-2-3-4-5-6-7-8-9-10-11-12-13-14-15-16-17-18-19-20-21-22-23-24-29(25-27-30)26-28-31;1-2-3-4-5-6-7-8-9-10-11-12-13-14-15-16-17-18-19-20(21)22/h30-31H,2-28H2,1H3;2-19H2,1H3,(H,21,22). The van der Waals surface area contributed by atoms with Crippen LogP contribution in [-0.4, -0.2) is 59.0 Å². The van der Waals surface area contributed by atoms with E-state index in [9.17, 15) is 4.79 Å². The van der Waals surface area contributed by atoms with Gasteiger partial charge in [-0.3, -0.25) is 9.69 Å². The maximum atomic E-state index is 10.4. The number of rotatable bonds is 45. The first-order valence-electron chi connectivity index (χ1n) is 24.3. The molecule has 0 saturated carbocycles. The molecule has 0 bridgehead atoms. The molecule has 0 aromatic carbocycles. The molecule has 0 atom stereocenters. The zero-order chi connectivity index (χ0) is 39.0. The van der Waals surface area contributed by atoms with Crippen molar-refractivity contribution in [1.29, 1.82) is 0 Å². The summed E-state index contributed by atoms with van der Waals surface area (Å²) in [6.07, 6.45) is 54.4. The largest absolute Gasteiger partial charge is 0.481 e. The van der Waals surface area contributed by atoms with Crippen molar-refractivity contribution < 1.29 is 20.1 Å². The van der Waals surface area contributed by atoms with Gasteiger partial charge in [-0.25, -0.2) is 0 Å². The highest BCUT2D eigenvalue weighted by atomic mass is 16.4. The van der Waals surface area contributed by atoms with E-state index in [1.807, 2.05) is 0 Å². The first-order chi connectivity index (χ1) is 26.1. The van der Waals surface area contributed by atoms with E-state index in [0.29, 0.717) is 19.5 Å². The number of hydrogen-bond donors (Lipinski definition) is 3. The molecular formula is C48H99NO4. The monoisotopic (exact) mass is 754 g/mol. The van der Waals surface area contributed by atoms with Gasteiger partial charge in [0.1, 0.15) is 0 Å². The minimum absolute atomic E-state index is 0.194. The molecule has 0 heterocycles. The van der Waals surface area contributed by atoms with E-state index in [4.69, 9.17) is 15.3 Å². The van der Waals surface area contributed by atoms with Gasteiger partial charge in [-0.2, -0.15) is 0 Å². The summed E-state index contributed by atoms with van der Waals surface area (Å²) in [6, 6.07) is 0. The van der Waals surface area contributed by atoms with Gasteiger partial charge in [0.2, 0.25) is 0 Å². The van der Waals surface area contributed by atoms with Crippen molar-refractivity contribution in [2.75, 3.05) is 32.8 Å². The van der Waals surface area contributed by atoms with Gasteiger partial charge in [-0.1, -0.05) is 251 Å². The third kappa shape index (κ3) is 53.5. The molecule has 0 unspecified atom stereocenters. The van der Waals surface area contributed by atoms with Crippen LogP contribution in [0, 0.1) is 0 Å². The molecule has 0 aromatic rings. The van der Waals surface area contributed by atoms with Crippen molar-refractivity contribution in [1.82, 2.24) is 4.90 Å². The summed E-state index contributed by atoms with van der Waals surface area (Å²) < 4.78 is 0. The first kappa shape index (κ1) is 54.5. The Hall–Kier alpha value is -0.650. The second kappa shape index (κ2) is 51.4. The molecule has 0 aliphatic heterocycles. The number of aliphatic carboxylic acids is 1. The number of hydrogen-bond acceptors (Lipinski definition) is 4. The van der Waals surface area contributed by atoms with E-state index in [-0.39, 0.29) is 13.2 Å². The van der Waals surface area contributed by atoms with Crippen LogP contribution in [0.5, 0.6) is 0 Å². The summed E-state index contributed by atoms with van der Waals surface area (Å²) in [4.78, 5) is 12.5. The van der Waals surface area contributed by atoms with Crippen LogP contribution >= 0.6 is 0 Å². The molecule has 0 aliphatic carbocycles. The van der Waals surface area contributed by atoms with Gasteiger partial charge < -0.3 is 15.3 Å². The van der Waals surface area contributed by atoms with E-state index < -0.39 is 5.97 Å². The fraction of sp³-hybridized carbons (Fsp3) is 0.979. The van der Waals surface area contributed by atoms with Crippen LogP contribution in [0.2, 0.25) is 0 Å². The average molecular weight is 754 g/mol. The summed E-state index contributed by atoms with van der Waals surface area (Å²) in [5.74, 6) is -0.652. The third-order valence-corrected chi connectivity index (χ3v) is 11.2. The van der Waals surface area contributed by atoms with Gasteiger partial charge in [-0.15, -0.1) is 0 Å². The van der Waals surface area contributed by atoms with Gasteiger partial charge in [0.05, 0.1) is 13.2 Å². The van der Waals surface area contributed by atoms with Crippen LogP contribution < -0.4 is 0 Å². The number of carboxylic acid groups (broad SMARTS) is 1. The number of carboxylic acids is 1. The Morgan fingerprint density at radius 2 is 0.528 bits per heavy atom. The Morgan fingerprint density at radius 3 is 0.736 bits per heavy atom. The summed E-state index contributed by atoms with van der Waals surface area (Å²) in [5.41, 5.74) is 0. The van der Waals surface area contributed by atoms with Crippen molar-refractivity contribution in [2.45, 2.75) is 271 Å². The molecule has 0 rings (SSSR count). The zero-order valence-corrected chi connectivity index (χ0v) is 36.5. The van der Waals surface area contributed by atoms with Crippen LogP contribution in [0.25, 0.3) is 0 Å². The molecule has 3 N–H and O–H groups in total. The number of carbonyl (C=O) groups is 1. The number of aliphatic hydroxyl groups excluding tert-OH is 2. The molecule has 5 heteroatoms. The highest BCUT2D eigenvalue weighted by molar-refractivity contribution is 5.66. The maximum absolute atomic E-state index is 10.4. The van der Waals surface area contributed by atoms with Gasteiger partial charge >= 0.3 is 5.97 Å². The number of unbranched alkanes of at least 4 members (excludes halogenated alkanes) is 37. The van der Waals surface area contributed by atoms with Crippen molar-refractivity contribution in [3.63, 3.8) is 0 Å². The van der Waals surface area contributed by atoms with E-state index >= 15 is 0 Å². The van der Waals surface area contributed by atoms with E-state index in [0.717, 1.165) is 19.4 Å². The van der Waals surface area contributed by atoms with Gasteiger partial charge in [0.25, 0.3) is 0 Å². The van der Waals surface area contributed by atoms with Gasteiger partial charge in [-0.05, 0) is 19.4 Å². The minimum atomic E-state index is -0.652. The molecule has 0 radical (unpaired) electrons. The summed E-state index contributed by atoms with van der Waals surface area (Å²) in [6.45, 7) is 7.36. The number of nitrogens with zero attached hydrogens (tertiary/aromatic N) is 1. The van der Waals surface area contributed by atoms with Crippen molar-refractivity contribution >= 4 is 5.97 Å². The van der Waals surface area contributed by atoms with Gasteiger partial charge in [0, 0.05) is 19.5 Å². The lowest BCUT2D eigenvalue weighted by Gasteiger charge is -2.19. The topological polar surface area (TPSA) is 81.0 Å². The first-order valence-corrected chi connectivity index (χ1v) is 24.3. The Bertz CT molecular complexity index is 639. The van der Waals surface area contributed by atoms with Crippen LogP contribution in [0.15, 0.2) is 0 Å². The molecule has 0 amide bonds. The molecule has 0 fully saturated rings. The Morgan fingerprint density at radius 1 is 0.321 bits per heavy atom. The smallest absolute Gasteiger partial charge is 0.303 e.